The lowest BCUT2D eigenvalue weighted by Gasteiger charge is -2.05. The Bertz CT molecular complexity index is 1080. The highest BCUT2D eigenvalue weighted by Crippen LogP contribution is 2.27. The van der Waals surface area contributed by atoms with E-state index in [1.165, 1.54) is 6.33 Å². The molecule has 0 fully saturated rings. The summed E-state index contributed by atoms with van der Waals surface area (Å²) in [6.07, 6.45) is 8.93. The van der Waals surface area contributed by atoms with Crippen LogP contribution < -0.4 is 11.1 Å². The van der Waals surface area contributed by atoms with Gasteiger partial charge in [-0.1, -0.05) is 0 Å². The van der Waals surface area contributed by atoms with Crippen LogP contribution in [0.4, 0.5) is 5.82 Å². The first-order valence-electron chi connectivity index (χ1n) is 8.44. The maximum absolute atomic E-state index is 12.8. The molecule has 8 nitrogen and oxygen atoms in total. The van der Waals surface area contributed by atoms with Gasteiger partial charge in [-0.05, 0) is 42.3 Å². The molecule has 134 valence electrons. The van der Waals surface area contributed by atoms with Gasteiger partial charge in [0.2, 0.25) is 0 Å². The number of anilines is 1. The average Bonchev–Trinajstić information content (AvgIpc) is 3.11. The maximum atomic E-state index is 12.8. The van der Waals surface area contributed by atoms with Gasteiger partial charge in [0.15, 0.2) is 5.82 Å². The van der Waals surface area contributed by atoms with Crippen molar-refractivity contribution in [3.63, 3.8) is 0 Å². The Morgan fingerprint density at radius 2 is 1.78 bits per heavy atom. The quantitative estimate of drug-likeness (QED) is 0.561. The standard InChI is InChI=1S/C19H17N7O/c20-18-17-15(19(27)23-10-3-13-1-6-21-7-2-13)11-16(26(17)25-12-24-18)14-4-8-22-9-5-14/h1-2,4-9,11-12H,3,10H2,(H,23,27)(H2,20,24,25). The minimum Gasteiger partial charge on any atom is -0.382 e. The van der Waals surface area contributed by atoms with E-state index in [0.717, 1.165) is 16.8 Å². The van der Waals surface area contributed by atoms with Gasteiger partial charge < -0.3 is 11.1 Å². The lowest BCUT2D eigenvalue weighted by Crippen LogP contribution is -2.25. The molecule has 8 heteroatoms. The van der Waals surface area contributed by atoms with Crippen LogP contribution in [0.15, 0.2) is 61.4 Å². The van der Waals surface area contributed by atoms with Crippen LogP contribution in [0.25, 0.3) is 16.8 Å². The van der Waals surface area contributed by atoms with E-state index >= 15 is 0 Å². The summed E-state index contributed by atoms with van der Waals surface area (Å²) < 4.78 is 1.63. The second-order valence-corrected chi connectivity index (χ2v) is 5.95. The number of nitrogens with two attached hydrogens (primary N) is 1. The zero-order valence-electron chi connectivity index (χ0n) is 14.4. The molecule has 0 spiro atoms. The van der Waals surface area contributed by atoms with Crippen molar-refractivity contribution in [2.45, 2.75) is 6.42 Å². The smallest absolute Gasteiger partial charge is 0.253 e. The van der Waals surface area contributed by atoms with Gasteiger partial charge in [-0.25, -0.2) is 9.50 Å². The van der Waals surface area contributed by atoms with Gasteiger partial charge >= 0.3 is 0 Å². The van der Waals surface area contributed by atoms with Gasteiger partial charge in [0.1, 0.15) is 11.8 Å². The molecule has 4 heterocycles. The van der Waals surface area contributed by atoms with E-state index < -0.39 is 0 Å². The molecule has 0 unspecified atom stereocenters. The summed E-state index contributed by atoms with van der Waals surface area (Å²) in [5, 5.41) is 7.20. The number of amides is 1. The predicted octanol–water partition coefficient (Wildman–Crippen LogP) is 1.74. The highest BCUT2D eigenvalue weighted by atomic mass is 16.1. The van der Waals surface area contributed by atoms with Crippen molar-refractivity contribution in [3.8, 4) is 11.3 Å². The van der Waals surface area contributed by atoms with E-state index in [0.29, 0.717) is 24.0 Å². The third-order valence-corrected chi connectivity index (χ3v) is 4.25. The summed E-state index contributed by atoms with van der Waals surface area (Å²) in [5.41, 5.74) is 9.70. The van der Waals surface area contributed by atoms with Crippen molar-refractivity contribution >= 4 is 17.2 Å². The molecule has 0 bridgehead atoms. The van der Waals surface area contributed by atoms with Crippen molar-refractivity contribution in [2.75, 3.05) is 12.3 Å². The molecule has 0 atom stereocenters. The topological polar surface area (TPSA) is 111 Å². The first-order valence-corrected chi connectivity index (χ1v) is 8.44. The Labute approximate surface area is 155 Å². The van der Waals surface area contributed by atoms with Gasteiger partial charge in [-0.3, -0.25) is 14.8 Å². The Morgan fingerprint density at radius 1 is 1.07 bits per heavy atom. The normalized spacial score (nSPS) is 10.8. The van der Waals surface area contributed by atoms with Crippen LogP contribution in [0, 0.1) is 0 Å². The minimum absolute atomic E-state index is 0.219. The molecule has 3 N–H and O–H groups in total. The SMILES string of the molecule is Nc1ncnn2c(-c3ccncc3)cc(C(=O)NCCc3ccncc3)c12. The fraction of sp³-hybridized carbons (Fsp3) is 0.105. The first-order chi connectivity index (χ1) is 13.2. The molecule has 4 rings (SSSR count). The summed E-state index contributed by atoms with van der Waals surface area (Å²) in [6.45, 7) is 0.498. The molecule has 0 aliphatic carbocycles. The molecule has 4 aromatic heterocycles. The van der Waals surface area contributed by atoms with E-state index in [9.17, 15) is 4.79 Å². The third-order valence-electron chi connectivity index (χ3n) is 4.25. The molecule has 0 saturated heterocycles. The molecule has 1 amide bonds. The van der Waals surface area contributed by atoms with Gasteiger partial charge in [0.25, 0.3) is 5.91 Å². The summed E-state index contributed by atoms with van der Waals surface area (Å²) in [5.74, 6) is 0.0351. The number of carbonyl (C=O) groups is 1. The van der Waals surface area contributed by atoms with Crippen LogP contribution >= 0.6 is 0 Å². The van der Waals surface area contributed by atoms with E-state index in [1.807, 2.05) is 24.3 Å². The summed E-state index contributed by atoms with van der Waals surface area (Å²) in [4.78, 5) is 24.8. The minimum atomic E-state index is -0.219. The highest BCUT2D eigenvalue weighted by molar-refractivity contribution is 6.05. The van der Waals surface area contributed by atoms with Crippen molar-refractivity contribution in [1.29, 1.82) is 0 Å². The van der Waals surface area contributed by atoms with E-state index in [-0.39, 0.29) is 11.7 Å². The summed E-state index contributed by atoms with van der Waals surface area (Å²) >= 11 is 0. The van der Waals surface area contributed by atoms with Gasteiger partial charge in [0.05, 0.1) is 11.3 Å². The van der Waals surface area contributed by atoms with E-state index in [2.05, 4.69) is 25.4 Å². The summed E-state index contributed by atoms with van der Waals surface area (Å²) in [7, 11) is 0. The second-order valence-electron chi connectivity index (χ2n) is 5.95. The first kappa shape index (κ1) is 16.6. The zero-order valence-corrected chi connectivity index (χ0v) is 14.4. The fourth-order valence-electron chi connectivity index (χ4n) is 2.93. The maximum Gasteiger partial charge on any atom is 0.253 e. The number of nitrogens with zero attached hydrogens (tertiary/aromatic N) is 5. The number of hydrogen-bond donors (Lipinski definition) is 2. The van der Waals surface area contributed by atoms with Gasteiger partial charge in [-0.2, -0.15) is 5.10 Å². The lowest BCUT2D eigenvalue weighted by molar-refractivity contribution is 0.0956. The molecule has 0 saturated carbocycles. The molecule has 4 aromatic rings. The van der Waals surface area contributed by atoms with Crippen molar-refractivity contribution in [3.05, 3.63) is 72.6 Å². The van der Waals surface area contributed by atoms with Gasteiger partial charge in [0, 0.05) is 36.9 Å². The largest absolute Gasteiger partial charge is 0.382 e. The number of nitrogen functional groups attached to an aromatic ring is 1. The Hall–Kier alpha value is -3.81. The molecule has 0 aliphatic rings. The number of pyridine rings is 2. The van der Waals surface area contributed by atoms with Crippen molar-refractivity contribution < 1.29 is 4.79 Å². The Morgan fingerprint density at radius 3 is 2.52 bits per heavy atom. The Balaban J connectivity index is 1.64. The van der Waals surface area contributed by atoms with Crippen LogP contribution in [-0.2, 0) is 6.42 Å². The van der Waals surface area contributed by atoms with Crippen LogP contribution in [0.1, 0.15) is 15.9 Å². The van der Waals surface area contributed by atoms with E-state index in [1.54, 1.807) is 35.4 Å². The third kappa shape index (κ3) is 3.32. The zero-order chi connectivity index (χ0) is 18.6. The summed E-state index contributed by atoms with van der Waals surface area (Å²) in [6, 6.07) is 9.33. The molecule has 27 heavy (non-hydrogen) atoms. The van der Waals surface area contributed by atoms with E-state index in [4.69, 9.17) is 5.73 Å². The number of aromatic nitrogens is 5. The molecule has 0 aromatic carbocycles. The molecular weight excluding hydrogens is 342 g/mol. The molecule has 0 aliphatic heterocycles. The number of nitrogens with one attached hydrogen (secondary N) is 1. The number of rotatable bonds is 5. The average molecular weight is 359 g/mol. The Kier molecular flexibility index (Phi) is 4.44. The van der Waals surface area contributed by atoms with Gasteiger partial charge in [-0.15, -0.1) is 0 Å². The monoisotopic (exact) mass is 359 g/mol. The van der Waals surface area contributed by atoms with Crippen LogP contribution in [0.5, 0.6) is 0 Å². The molecular formula is C19H17N7O. The number of hydrogen-bond acceptors (Lipinski definition) is 6. The van der Waals surface area contributed by atoms with Crippen molar-refractivity contribution in [2.24, 2.45) is 0 Å². The highest BCUT2D eigenvalue weighted by Gasteiger charge is 2.19. The van der Waals surface area contributed by atoms with Crippen LogP contribution in [0.2, 0.25) is 0 Å². The lowest BCUT2D eigenvalue weighted by atomic mass is 10.1. The van der Waals surface area contributed by atoms with Crippen LogP contribution in [0.3, 0.4) is 0 Å². The number of carbonyl (C=O) groups excluding carboxylic acids is 1. The predicted molar refractivity (Wildman–Crippen MR) is 101 cm³/mol. The molecule has 0 radical (unpaired) electrons. The fourth-order valence-corrected chi connectivity index (χ4v) is 2.93. The van der Waals surface area contributed by atoms with Crippen LogP contribution in [-0.4, -0.2) is 37.0 Å². The second kappa shape index (κ2) is 7.20. The van der Waals surface area contributed by atoms with Crippen molar-refractivity contribution in [1.82, 2.24) is 29.9 Å². The number of fused-ring (bicyclic) bond motifs is 1.